The molecule has 1 aliphatic carbocycles. The summed E-state index contributed by atoms with van der Waals surface area (Å²) in [7, 11) is 0. The molecule has 270 valence electrons. The molecule has 4 nitrogen and oxygen atoms in total. The molecule has 12 rings (SSSR count). The van der Waals surface area contributed by atoms with E-state index in [0.29, 0.717) is 17.5 Å². The fraction of sp³-hybridized carbons (Fsp3) is 0.0189. The molecule has 2 aromatic heterocycles. The van der Waals surface area contributed by atoms with Gasteiger partial charge in [-0.2, -0.15) is 0 Å². The lowest BCUT2D eigenvalue weighted by Gasteiger charge is -2.40. The molecule has 1 spiro atoms. The van der Waals surface area contributed by atoms with E-state index in [2.05, 4.69) is 164 Å². The Morgan fingerprint density at radius 3 is 1.62 bits per heavy atom. The van der Waals surface area contributed by atoms with Gasteiger partial charge >= 0.3 is 0 Å². The van der Waals surface area contributed by atoms with E-state index < -0.39 is 5.41 Å². The fourth-order valence-corrected chi connectivity index (χ4v) is 10.5. The van der Waals surface area contributed by atoms with E-state index in [9.17, 15) is 0 Å². The van der Waals surface area contributed by atoms with E-state index in [0.717, 1.165) is 44.0 Å². The summed E-state index contributed by atoms with van der Waals surface area (Å²) in [6.07, 6.45) is 3.96. The first kappa shape index (κ1) is 33.0. The summed E-state index contributed by atoms with van der Waals surface area (Å²) in [6.45, 7) is 0. The van der Waals surface area contributed by atoms with E-state index in [1.54, 1.807) is 0 Å². The highest BCUT2D eigenvalue weighted by atomic mass is 32.2. The van der Waals surface area contributed by atoms with Crippen LogP contribution in [0.4, 0.5) is 0 Å². The molecule has 2 aliphatic rings. The van der Waals surface area contributed by atoms with Gasteiger partial charge in [0.05, 0.1) is 5.41 Å². The molecule has 0 unspecified atom stereocenters. The van der Waals surface area contributed by atoms with Gasteiger partial charge in [-0.25, -0.2) is 15.0 Å². The second-order valence-corrected chi connectivity index (χ2v) is 16.1. The van der Waals surface area contributed by atoms with Crippen LogP contribution in [0.1, 0.15) is 22.3 Å². The Bertz CT molecular complexity index is 3230. The van der Waals surface area contributed by atoms with E-state index >= 15 is 0 Å². The first-order valence-electron chi connectivity index (χ1n) is 19.5. The third-order valence-electron chi connectivity index (χ3n) is 11.9. The first-order valence-corrected chi connectivity index (χ1v) is 20.4. The summed E-state index contributed by atoms with van der Waals surface area (Å²) in [5.41, 5.74) is 12.1. The summed E-state index contributed by atoms with van der Waals surface area (Å²) in [4.78, 5) is 22.8. The number of pyridine rings is 1. The number of benzene rings is 8. The van der Waals surface area contributed by atoms with Crippen LogP contribution in [0, 0.1) is 0 Å². The molecular weight excluding hydrogens is 725 g/mol. The van der Waals surface area contributed by atoms with Crippen LogP contribution in [0.15, 0.2) is 204 Å². The van der Waals surface area contributed by atoms with Crippen molar-refractivity contribution in [3.05, 3.63) is 217 Å². The van der Waals surface area contributed by atoms with Crippen LogP contribution in [-0.2, 0) is 5.41 Å². The molecule has 10 aromatic rings. The van der Waals surface area contributed by atoms with Gasteiger partial charge in [-0.15, -0.1) is 0 Å². The molecule has 0 saturated heterocycles. The van der Waals surface area contributed by atoms with Gasteiger partial charge in [0.25, 0.3) is 0 Å². The Morgan fingerprint density at radius 2 is 0.879 bits per heavy atom. The van der Waals surface area contributed by atoms with Crippen molar-refractivity contribution in [1.82, 2.24) is 19.9 Å². The minimum atomic E-state index is -0.596. The maximum Gasteiger partial charge on any atom is 0.164 e. The van der Waals surface area contributed by atoms with Gasteiger partial charge in [-0.1, -0.05) is 169 Å². The van der Waals surface area contributed by atoms with Gasteiger partial charge in [0, 0.05) is 49.8 Å². The number of fused-ring (bicyclic) bond motifs is 11. The second-order valence-electron chi connectivity index (χ2n) is 15.0. The van der Waals surface area contributed by atoms with Crippen LogP contribution < -0.4 is 0 Å². The van der Waals surface area contributed by atoms with Crippen molar-refractivity contribution in [2.45, 2.75) is 15.2 Å². The largest absolute Gasteiger partial charge is 0.263 e. The summed E-state index contributed by atoms with van der Waals surface area (Å²) >= 11 is 1.84. The molecule has 3 heterocycles. The number of hydrogen-bond donors (Lipinski definition) is 0. The Kier molecular flexibility index (Phi) is 7.34. The van der Waals surface area contributed by atoms with Crippen LogP contribution in [-0.4, -0.2) is 19.9 Å². The van der Waals surface area contributed by atoms with Crippen molar-refractivity contribution in [2.24, 2.45) is 0 Å². The molecule has 58 heavy (non-hydrogen) atoms. The maximum atomic E-state index is 5.29. The molecular formula is C53H32N4S. The van der Waals surface area contributed by atoms with Crippen LogP contribution in [0.3, 0.4) is 0 Å². The maximum absolute atomic E-state index is 5.29. The first-order chi connectivity index (χ1) is 28.7. The van der Waals surface area contributed by atoms with Crippen LogP contribution in [0.2, 0.25) is 0 Å². The summed E-state index contributed by atoms with van der Waals surface area (Å²) in [5, 5.41) is 4.57. The molecule has 0 amide bonds. The molecule has 0 radical (unpaired) electrons. The highest BCUT2D eigenvalue weighted by Crippen LogP contribution is 2.62. The second kappa shape index (κ2) is 12.9. The topological polar surface area (TPSA) is 51.6 Å². The SMILES string of the molecule is c1ccc(-c2nc(-c3ccc4c(c3)C3(c5cc(-c6cncc7ccccc67)ccc5S4)c4ccccc4-c4ccccc43)nc(-c3cccc4ccccc34)n2)cc1. The van der Waals surface area contributed by atoms with Crippen molar-refractivity contribution < 1.29 is 0 Å². The van der Waals surface area contributed by atoms with Crippen LogP contribution >= 0.6 is 11.8 Å². The Balaban J connectivity index is 1.13. The molecule has 0 atom stereocenters. The van der Waals surface area contributed by atoms with Crippen molar-refractivity contribution in [3.63, 3.8) is 0 Å². The molecule has 0 fully saturated rings. The van der Waals surface area contributed by atoms with Gasteiger partial charge in [-0.3, -0.25) is 4.98 Å². The number of aromatic nitrogens is 4. The number of hydrogen-bond acceptors (Lipinski definition) is 5. The fourth-order valence-electron chi connectivity index (χ4n) is 9.32. The standard InChI is InChI=1S/C53H32N4S/c1-2-14-34(15-3-1)50-55-51(57-52(56-50)42-22-12-17-33-13-4-6-18-38(33)42)36-26-28-49-47(30-36)53(44-23-10-8-20-40(44)41-21-9-11-24-45(41)53)46-29-35(25-27-48(46)58-49)43-32-54-31-37-16-5-7-19-39(37)43/h1-32H. The predicted molar refractivity (Wildman–Crippen MR) is 236 cm³/mol. The Labute approximate surface area is 340 Å². The van der Waals surface area contributed by atoms with E-state index in [4.69, 9.17) is 19.9 Å². The molecule has 1 aliphatic heterocycles. The Hall–Kier alpha value is -7.21. The summed E-state index contributed by atoms with van der Waals surface area (Å²) < 4.78 is 0. The van der Waals surface area contributed by atoms with Gasteiger partial charge in [0.15, 0.2) is 17.5 Å². The van der Waals surface area contributed by atoms with E-state index in [-0.39, 0.29) is 0 Å². The third kappa shape index (κ3) is 4.90. The van der Waals surface area contributed by atoms with Crippen molar-refractivity contribution in [3.8, 4) is 56.4 Å². The molecule has 0 N–H and O–H groups in total. The normalized spacial score (nSPS) is 13.2. The zero-order valence-corrected chi connectivity index (χ0v) is 32.0. The quantitative estimate of drug-likeness (QED) is 0.179. The van der Waals surface area contributed by atoms with Crippen molar-refractivity contribution >= 4 is 33.3 Å². The molecule has 0 bridgehead atoms. The minimum Gasteiger partial charge on any atom is -0.263 e. The highest BCUT2D eigenvalue weighted by molar-refractivity contribution is 7.99. The van der Waals surface area contributed by atoms with E-state index in [1.165, 1.54) is 48.6 Å². The van der Waals surface area contributed by atoms with Crippen LogP contribution in [0.5, 0.6) is 0 Å². The van der Waals surface area contributed by atoms with E-state index in [1.807, 2.05) is 42.4 Å². The number of nitrogens with zero attached hydrogens (tertiary/aromatic N) is 4. The lowest BCUT2D eigenvalue weighted by molar-refractivity contribution is 0.723. The minimum absolute atomic E-state index is 0.596. The van der Waals surface area contributed by atoms with Gasteiger partial charge in [-0.05, 0) is 79.4 Å². The average Bonchev–Trinajstić information content (AvgIpc) is 3.59. The third-order valence-corrected chi connectivity index (χ3v) is 13.0. The summed E-state index contributed by atoms with van der Waals surface area (Å²) in [6, 6.07) is 65.2. The monoisotopic (exact) mass is 756 g/mol. The average molecular weight is 757 g/mol. The Morgan fingerprint density at radius 1 is 0.345 bits per heavy atom. The van der Waals surface area contributed by atoms with Crippen molar-refractivity contribution in [2.75, 3.05) is 0 Å². The lowest BCUT2D eigenvalue weighted by atomic mass is 9.66. The number of rotatable bonds is 4. The predicted octanol–water partition coefficient (Wildman–Crippen LogP) is 13.1. The smallest absolute Gasteiger partial charge is 0.164 e. The van der Waals surface area contributed by atoms with Gasteiger partial charge in [0.1, 0.15) is 0 Å². The molecule has 8 aromatic carbocycles. The zero-order chi connectivity index (χ0) is 38.2. The van der Waals surface area contributed by atoms with Crippen LogP contribution in [0.25, 0.3) is 78.0 Å². The van der Waals surface area contributed by atoms with Gasteiger partial charge in [0.2, 0.25) is 0 Å². The molecule has 5 heteroatoms. The lowest BCUT2D eigenvalue weighted by Crippen LogP contribution is -2.32. The highest BCUT2D eigenvalue weighted by Gasteiger charge is 2.50. The van der Waals surface area contributed by atoms with Gasteiger partial charge < -0.3 is 0 Å². The van der Waals surface area contributed by atoms with Crippen molar-refractivity contribution in [1.29, 1.82) is 0 Å². The zero-order valence-electron chi connectivity index (χ0n) is 31.2. The summed E-state index contributed by atoms with van der Waals surface area (Å²) in [5.74, 6) is 1.93. The molecule has 0 saturated carbocycles.